The molecule has 0 aromatic heterocycles. The Morgan fingerprint density at radius 3 is 2.79 bits per heavy atom. The summed E-state index contributed by atoms with van der Waals surface area (Å²) in [7, 11) is 0. The van der Waals surface area contributed by atoms with Crippen molar-refractivity contribution >= 4 is 11.6 Å². The highest BCUT2D eigenvalue weighted by molar-refractivity contribution is 6.31. The monoisotopic (exact) mass is 280 g/mol. The van der Waals surface area contributed by atoms with E-state index in [0.29, 0.717) is 18.1 Å². The zero-order valence-electron chi connectivity index (χ0n) is 12.0. The van der Waals surface area contributed by atoms with Crippen molar-refractivity contribution in [2.24, 2.45) is 0 Å². The molecule has 1 saturated heterocycles. The molecule has 3 unspecified atom stereocenters. The molecule has 0 spiro atoms. The zero-order valence-corrected chi connectivity index (χ0v) is 12.7. The Labute approximate surface area is 121 Å². The fourth-order valence-corrected chi connectivity index (χ4v) is 3.20. The molecule has 0 amide bonds. The second kappa shape index (κ2) is 7.28. The molecule has 0 bridgehead atoms. The highest BCUT2D eigenvalue weighted by Crippen LogP contribution is 2.17. The van der Waals surface area contributed by atoms with Gasteiger partial charge in [0.1, 0.15) is 0 Å². The van der Waals surface area contributed by atoms with E-state index < -0.39 is 0 Å². The van der Waals surface area contributed by atoms with Gasteiger partial charge in [-0.25, -0.2) is 0 Å². The Morgan fingerprint density at radius 2 is 2.11 bits per heavy atom. The second-order valence-corrected chi connectivity index (χ2v) is 6.20. The molecule has 2 N–H and O–H groups in total. The SMILES string of the molecule is CC(Cc1ccccc1Cl)NC(C)CC1CCCN1. The van der Waals surface area contributed by atoms with Gasteiger partial charge in [-0.15, -0.1) is 0 Å². The first-order chi connectivity index (χ1) is 9.15. The molecule has 1 fully saturated rings. The Hall–Kier alpha value is -0.570. The minimum atomic E-state index is 0.455. The second-order valence-electron chi connectivity index (χ2n) is 5.79. The third-order valence-corrected chi connectivity index (χ3v) is 4.22. The maximum absolute atomic E-state index is 6.20. The maximum atomic E-state index is 6.20. The van der Waals surface area contributed by atoms with Crippen LogP contribution in [0, 0.1) is 0 Å². The molecule has 19 heavy (non-hydrogen) atoms. The van der Waals surface area contributed by atoms with Crippen molar-refractivity contribution in [2.45, 2.75) is 57.7 Å². The summed E-state index contributed by atoms with van der Waals surface area (Å²) in [6.07, 6.45) is 4.85. The van der Waals surface area contributed by atoms with E-state index >= 15 is 0 Å². The molecule has 1 aliphatic rings. The van der Waals surface area contributed by atoms with E-state index in [1.54, 1.807) is 0 Å². The van der Waals surface area contributed by atoms with E-state index in [9.17, 15) is 0 Å². The molecule has 0 radical (unpaired) electrons. The fraction of sp³-hybridized carbons (Fsp3) is 0.625. The molecule has 3 atom stereocenters. The zero-order chi connectivity index (χ0) is 13.7. The largest absolute Gasteiger partial charge is 0.314 e. The molecule has 1 aromatic carbocycles. The van der Waals surface area contributed by atoms with Crippen LogP contribution in [-0.4, -0.2) is 24.7 Å². The third kappa shape index (κ3) is 4.79. The molecule has 0 saturated carbocycles. The van der Waals surface area contributed by atoms with Gasteiger partial charge < -0.3 is 10.6 Å². The van der Waals surface area contributed by atoms with Crippen LogP contribution in [0.25, 0.3) is 0 Å². The minimum absolute atomic E-state index is 0.455. The Bertz CT molecular complexity index is 388. The van der Waals surface area contributed by atoms with Crippen molar-refractivity contribution in [1.29, 1.82) is 0 Å². The predicted octanol–water partition coefficient (Wildman–Crippen LogP) is 3.39. The van der Waals surface area contributed by atoms with Crippen LogP contribution in [0.5, 0.6) is 0 Å². The lowest BCUT2D eigenvalue weighted by atomic mass is 10.0. The van der Waals surface area contributed by atoms with Gasteiger partial charge in [-0.1, -0.05) is 29.8 Å². The lowest BCUT2D eigenvalue weighted by molar-refractivity contribution is 0.401. The van der Waals surface area contributed by atoms with E-state index in [1.807, 2.05) is 12.1 Å². The molecule has 0 aliphatic carbocycles. The van der Waals surface area contributed by atoms with E-state index in [2.05, 4.69) is 36.6 Å². The molecule has 2 nitrogen and oxygen atoms in total. The number of benzene rings is 1. The maximum Gasteiger partial charge on any atom is 0.0438 e. The van der Waals surface area contributed by atoms with Gasteiger partial charge in [-0.3, -0.25) is 0 Å². The van der Waals surface area contributed by atoms with Crippen LogP contribution >= 0.6 is 11.6 Å². The highest BCUT2D eigenvalue weighted by Gasteiger charge is 2.18. The molecule has 2 rings (SSSR count). The lowest BCUT2D eigenvalue weighted by Crippen LogP contribution is -2.39. The van der Waals surface area contributed by atoms with Gasteiger partial charge in [0.25, 0.3) is 0 Å². The predicted molar refractivity (Wildman–Crippen MR) is 82.9 cm³/mol. The van der Waals surface area contributed by atoms with Crippen LogP contribution in [0.15, 0.2) is 24.3 Å². The molecule has 1 aliphatic heterocycles. The summed E-state index contributed by atoms with van der Waals surface area (Å²) in [5, 5.41) is 8.12. The quantitative estimate of drug-likeness (QED) is 0.835. The average Bonchev–Trinajstić information content (AvgIpc) is 2.84. The van der Waals surface area contributed by atoms with E-state index in [1.165, 1.54) is 31.4 Å². The van der Waals surface area contributed by atoms with Gasteiger partial charge in [0.2, 0.25) is 0 Å². The van der Waals surface area contributed by atoms with Gasteiger partial charge in [-0.05, 0) is 57.7 Å². The van der Waals surface area contributed by atoms with E-state index in [-0.39, 0.29) is 0 Å². The summed E-state index contributed by atoms with van der Waals surface area (Å²) in [4.78, 5) is 0. The highest BCUT2D eigenvalue weighted by atomic mass is 35.5. The summed E-state index contributed by atoms with van der Waals surface area (Å²) in [6, 6.07) is 9.83. The molecule has 1 aromatic rings. The summed E-state index contributed by atoms with van der Waals surface area (Å²) in [5.74, 6) is 0. The van der Waals surface area contributed by atoms with E-state index in [4.69, 9.17) is 11.6 Å². The Morgan fingerprint density at radius 1 is 1.32 bits per heavy atom. The van der Waals surface area contributed by atoms with Crippen molar-refractivity contribution in [1.82, 2.24) is 10.6 Å². The van der Waals surface area contributed by atoms with Crippen LogP contribution in [-0.2, 0) is 6.42 Å². The number of hydrogen-bond donors (Lipinski definition) is 2. The van der Waals surface area contributed by atoms with Crippen molar-refractivity contribution in [3.63, 3.8) is 0 Å². The molecule has 1 heterocycles. The Kier molecular flexibility index (Phi) is 5.68. The normalized spacial score (nSPS) is 22.4. The van der Waals surface area contributed by atoms with Crippen LogP contribution in [0.1, 0.15) is 38.7 Å². The summed E-state index contributed by atoms with van der Waals surface area (Å²) in [6.45, 7) is 5.71. The van der Waals surface area contributed by atoms with Crippen molar-refractivity contribution in [3.8, 4) is 0 Å². The molecular formula is C16H25ClN2. The van der Waals surface area contributed by atoms with Crippen LogP contribution < -0.4 is 10.6 Å². The number of nitrogens with one attached hydrogen (secondary N) is 2. The molecular weight excluding hydrogens is 256 g/mol. The molecule has 106 valence electrons. The fourth-order valence-electron chi connectivity index (χ4n) is 2.99. The van der Waals surface area contributed by atoms with Gasteiger partial charge in [0, 0.05) is 23.1 Å². The smallest absolute Gasteiger partial charge is 0.0438 e. The van der Waals surface area contributed by atoms with Gasteiger partial charge in [0.15, 0.2) is 0 Å². The first kappa shape index (κ1) is 14.8. The van der Waals surface area contributed by atoms with E-state index in [0.717, 1.165) is 11.4 Å². The number of hydrogen-bond acceptors (Lipinski definition) is 2. The lowest BCUT2D eigenvalue weighted by Gasteiger charge is -2.23. The van der Waals surface area contributed by atoms with Crippen LogP contribution in [0.2, 0.25) is 5.02 Å². The molecule has 3 heteroatoms. The topological polar surface area (TPSA) is 24.1 Å². The first-order valence-corrected chi connectivity index (χ1v) is 7.76. The first-order valence-electron chi connectivity index (χ1n) is 7.38. The van der Waals surface area contributed by atoms with Crippen LogP contribution in [0.3, 0.4) is 0 Å². The summed E-state index contributed by atoms with van der Waals surface area (Å²) in [5.41, 5.74) is 1.23. The van der Waals surface area contributed by atoms with Crippen molar-refractivity contribution in [3.05, 3.63) is 34.9 Å². The number of halogens is 1. The van der Waals surface area contributed by atoms with Crippen molar-refractivity contribution < 1.29 is 0 Å². The number of rotatable bonds is 6. The van der Waals surface area contributed by atoms with Gasteiger partial charge >= 0.3 is 0 Å². The van der Waals surface area contributed by atoms with Gasteiger partial charge in [0.05, 0.1) is 0 Å². The van der Waals surface area contributed by atoms with Gasteiger partial charge in [-0.2, -0.15) is 0 Å². The standard InChI is InChI=1S/C16H25ClN2/c1-12(10-14-6-3-4-8-16(14)17)19-13(2)11-15-7-5-9-18-15/h3-4,6,8,12-13,15,18-19H,5,7,9-11H2,1-2H3. The third-order valence-electron chi connectivity index (χ3n) is 3.85. The van der Waals surface area contributed by atoms with Crippen LogP contribution in [0.4, 0.5) is 0 Å². The minimum Gasteiger partial charge on any atom is -0.314 e. The summed E-state index contributed by atoms with van der Waals surface area (Å²) >= 11 is 6.20. The summed E-state index contributed by atoms with van der Waals surface area (Å²) < 4.78 is 0. The average molecular weight is 281 g/mol. The van der Waals surface area contributed by atoms with Crippen molar-refractivity contribution in [2.75, 3.05) is 6.54 Å². The Balaban J connectivity index is 1.77.